The summed E-state index contributed by atoms with van der Waals surface area (Å²) in [6.07, 6.45) is 8.82. The number of imide groups is 1. The van der Waals surface area contributed by atoms with Gasteiger partial charge in [0.15, 0.2) is 18.1 Å². The predicted molar refractivity (Wildman–Crippen MR) is 145 cm³/mol. The van der Waals surface area contributed by atoms with Crippen LogP contribution in [0.1, 0.15) is 49.7 Å². The van der Waals surface area contributed by atoms with E-state index < -0.39 is 5.91 Å². The maximum atomic E-state index is 13.2. The van der Waals surface area contributed by atoms with Gasteiger partial charge in [-0.05, 0) is 110 Å². The molecule has 39 heavy (non-hydrogen) atoms. The van der Waals surface area contributed by atoms with E-state index in [-0.39, 0.29) is 40.6 Å². The van der Waals surface area contributed by atoms with E-state index in [0.717, 1.165) is 53.7 Å². The second-order valence-electron chi connectivity index (χ2n) is 11.3. The van der Waals surface area contributed by atoms with Gasteiger partial charge < -0.3 is 14.8 Å². The summed E-state index contributed by atoms with van der Waals surface area (Å²) in [7, 11) is 1.51. The fourth-order valence-corrected chi connectivity index (χ4v) is 8.03. The Kier molecular flexibility index (Phi) is 6.87. The number of benzene rings is 2. The van der Waals surface area contributed by atoms with E-state index in [1.54, 1.807) is 36.4 Å². The van der Waals surface area contributed by atoms with Crippen LogP contribution in [0, 0.1) is 23.6 Å². The molecule has 5 aliphatic rings. The first kappa shape index (κ1) is 25.9. The minimum Gasteiger partial charge on any atom is -0.493 e. The Balaban J connectivity index is 1.09. The van der Waals surface area contributed by atoms with E-state index in [9.17, 15) is 18.8 Å². The van der Waals surface area contributed by atoms with Crippen molar-refractivity contribution >= 4 is 34.9 Å². The van der Waals surface area contributed by atoms with Crippen LogP contribution in [0.25, 0.3) is 6.08 Å². The Labute approximate surface area is 231 Å². The minimum absolute atomic E-state index is 0.0666. The van der Waals surface area contributed by atoms with Crippen molar-refractivity contribution in [2.45, 2.75) is 50.6 Å². The normalized spacial score (nSPS) is 28.3. The van der Waals surface area contributed by atoms with Gasteiger partial charge in [-0.2, -0.15) is 0 Å². The number of thioether (sulfide) groups is 1. The van der Waals surface area contributed by atoms with Gasteiger partial charge in [0.1, 0.15) is 5.82 Å². The van der Waals surface area contributed by atoms with E-state index in [1.165, 1.54) is 38.5 Å². The predicted octanol–water partition coefficient (Wildman–Crippen LogP) is 5.53. The highest BCUT2D eigenvalue weighted by molar-refractivity contribution is 8.18. The van der Waals surface area contributed by atoms with Crippen molar-refractivity contribution in [1.82, 2.24) is 10.2 Å². The van der Waals surface area contributed by atoms with Crippen molar-refractivity contribution in [1.29, 1.82) is 0 Å². The summed E-state index contributed by atoms with van der Waals surface area (Å²) < 4.78 is 24.5. The van der Waals surface area contributed by atoms with Gasteiger partial charge >= 0.3 is 0 Å². The first-order valence-corrected chi connectivity index (χ1v) is 14.2. The Morgan fingerprint density at radius 3 is 2.36 bits per heavy atom. The molecule has 9 heteroatoms. The lowest BCUT2D eigenvalue weighted by atomic mass is 9.53. The van der Waals surface area contributed by atoms with Crippen LogP contribution in [0.15, 0.2) is 47.4 Å². The molecule has 5 fully saturated rings. The SMILES string of the molecule is COc1cc(/C=C2\SC(=O)N(Cc3ccc(F)cc3)C2=O)ccc1OCC(=O)NC12CC3CC(CC(C3)C1)C2. The molecular weight excluding hydrogens is 519 g/mol. The average molecular weight is 551 g/mol. The van der Waals surface area contributed by atoms with Gasteiger partial charge in [0.25, 0.3) is 17.1 Å². The van der Waals surface area contributed by atoms with Gasteiger partial charge in [-0.1, -0.05) is 18.2 Å². The largest absolute Gasteiger partial charge is 0.493 e. The molecule has 7 rings (SSSR count). The molecule has 2 aromatic rings. The Hall–Kier alpha value is -3.33. The second-order valence-corrected chi connectivity index (χ2v) is 12.3. The highest BCUT2D eigenvalue weighted by Gasteiger charge is 2.51. The number of nitrogens with zero attached hydrogens (tertiary/aromatic N) is 1. The highest BCUT2D eigenvalue weighted by Crippen LogP contribution is 2.55. The van der Waals surface area contributed by atoms with Crippen LogP contribution in [0.3, 0.4) is 0 Å². The number of amides is 3. The fraction of sp³-hybridized carbons (Fsp3) is 0.433. The van der Waals surface area contributed by atoms with Crippen molar-refractivity contribution in [3.8, 4) is 11.5 Å². The molecule has 1 heterocycles. The maximum absolute atomic E-state index is 13.2. The number of halogens is 1. The molecule has 4 aliphatic carbocycles. The second kappa shape index (κ2) is 10.3. The lowest BCUT2D eigenvalue weighted by Gasteiger charge is -2.56. The quantitative estimate of drug-likeness (QED) is 0.435. The third-order valence-electron chi connectivity index (χ3n) is 8.41. The molecule has 7 nitrogen and oxygen atoms in total. The highest BCUT2D eigenvalue weighted by atomic mass is 32.2. The minimum atomic E-state index is -0.407. The van der Waals surface area contributed by atoms with E-state index in [4.69, 9.17) is 9.47 Å². The number of hydrogen-bond acceptors (Lipinski definition) is 6. The zero-order valence-electron chi connectivity index (χ0n) is 21.8. The molecule has 4 bridgehead atoms. The number of carbonyl (C=O) groups excluding carboxylic acids is 3. The Morgan fingerprint density at radius 1 is 1.05 bits per heavy atom. The monoisotopic (exact) mass is 550 g/mol. The van der Waals surface area contributed by atoms with Crippen LogP contribution in [0.4, 0.5) is 9.18 Å². The van der Waals surface area contributed by atoms with Crippen LogP contribution in [0.2, 0.25) is 0 Å². The molecule has 0 atom stereocenters. The van der Waals surface area contributed by atoms with Crippen LogP contribution in [-0.4, -0.2) is 41.2 Å². The molecule has 1 aliphatic heterocycles. The van der Waals surface area contributed by atoms with Crippen molar-refractivity contribution in [3.63, 3.8) is 0 Å². The first-order valence-electron chi connectivity index (χ1n) is 13.4. The first-order chi connectivity index (χ1) is 18.8. The molecular formula is C30H31FN2O5S. The van der Waals surface area contributed by atoms with Crippen LogP contribution >= 0.6 is 11.8 Å². The average Bonchev–Trinajstić information content (AvgIpc) is 3.15. The fourth-order valence-electron chi connectivity index (χ4n) is 7.19. The third kappa shape index (κ3) is 5.41. The van der Waals surface area contributed by atoms with Crippen LogP contribution < -0.4 is 14.8 Å². The van der Waals surface area contributed by atoms with E-state index in [0.29, 0.717) is 22.6 Å². The third-order valence-corrected chi connectivity index (χ3v) is 9.32. The summed E-state index contributed by atoms with van der Waals surface area (Å²) in [5.74, 6) is 2.19. The smallest absolute Gasteiger partial charge is 0.293 e. The zero-order chi connectivity index (χ0) is 27.1. The topological polar surface area (TPSA) is 84.9 Å². The lowest BCUT2D eigenvalue weighted by molar-refractivity contribution is -0.129. The maximum Gasteiger partial charge on any atom is 0.293 e. The summed E-state index contributed by atoms with van der Waals surface area (Å²) >= 11 is 0.857. The van der Waals surface area contributed by atoms with E-state index in [1.807, 2.05) is 0 Å². The summed E-state index contributed by atoms with van der Waals surface area (Å²) in [5.41, 5.74) is 1.25. The Morgan fingerprint density at radius 2 is 1.72 bits per heavy atom. The van der Waals surface area contributed by atoms with E-state index in [2.05, 4.69) is 5.32 Å². The van der Waals surface area contributed by atoms with Gasteiger partial charge in [-0.25, -0.2) is 4.39 Å². The molecule has 0 radical (unpaired) electrons. The van der Waals surface area contributed by atoms with Gasteiger partial charge in [0.2, 0.25) is 0 Å². The number of carbonyl (C=O) groups is 3. The van der Waals surface area contributed by atoms with Crippen molar-refractivity contribution < 1.29 is 28.2 Å². The summed E-state index contributed by atoms with van der Waals surface area (Å²) in [4.78, 5) is 39.7. The van der Waals surface area contributed by atoms with E-state index >= 15 is 0 Å². The molecule has 1 saturated heterocycles. The van der Waals surface area contributed by atoms with Gasteiger partial charge in [0, 0.05) is 5.54 Å². The molecule has 0 aromatic heterocycles. The van der Waals surface area contributed by atoms with Crippen molar-refractivity contribution in [2.24, 2.45) is 17.8 Å². The standard InChI is InChI=1S/C30H31FN2O5S/c1-37-25-11-19(12-26-28(35)33(29(36)39-26)16-18-2-5-23(31)6-3-18)4-7-24(25)38-17-27(34)32-30-13-20-8-21(14-30)10-22(9-20)15-30/h2-7,11-12,20-22H,8-10,13-17H2,1H3,(H,32,34)/b26-12-. The number of ether oxygens (including phenoxy) is 2. The van der Waals surface area contributed by atoms with Crippen molar-refractivity contribution in [3.05, 3.63) is 64.3 Å². The molecule has 0 spiro atoms. The molecule has 4 saturated carbocycles. The lowest BCUT2D eigenvalue weighted by Crippen LogP contribution is -2.60. The summed E-state index contributed by atoms with van der Waals surface area (Å²) in [6.45, 7) is -0.0244. The summed E-state index contributed by atoms with van der Waals surface area (Å²) in [5, 5.41) is 2.93. The molecule has 1 N–H and O–H groups in total. The van der Waals surface area contributed by atoms with Crippen molar-refractivity contribution in [2.75, 3.05) is 13.7 Å². The number of methoxy groups -OCH3 is 1. The molecule has 2 aromatic carbocycles. The summed E-state index contributed by atoms with van der Waals surface area (Å²) in [6, 6.07) is 10.9. The molecule has 3 amide bonds. The van der Waals surface area contributed by atoms with Gasteiger partial charge in [-0.3, -0.25) is 19.3 Å². The van der Waals surface area contributed by atoms with Crippen LogP contribution in [-0.2, 0) is 16.1 Å². The van der Waals surface area contributed by atoms with Gasteiger partial charge in [0.05, 0.1) is 18.6 Å². The molecule has 0 unspecified atom stereocenters. The molecule has 204 valence electrons. The van der Waals surface area contributed by atoms with Gasteiger partial charge in [-0.15, -0.1) is 0 Å². The number of hydrogen-bond donors (Lipinski definition) is 1. The zero-order valence-corrected chi connectivity index (χ0v) is 22.6. The number of nitrogens with one attached hydrogen (secondary N) is 1. The number of rotatable bonds is 8. The Bertz CT molecular complexity index is 1310. The van der Waals surface area contributed by atoms with Crippen LogP contribution in [0.5, 0.6) is 11.5 Å².